The lowest BCUT2D eigenvalue weighted by Crippen LogP contribution is -2.48. The molecule has 7 heteroatoms. The van der Waals surface area contributed by atoms with Crippen molar-refractivity contribution in [1.29, 1.82) is 0 Å². The average molecular weight is 342 g/mol. The zero-order valence-electron chi connectivity index (χ0n) is 13.2. The van der Waals surface area contributed by atoms with Gasteiger partial charge in [0.05, 0.1) is 23.4 Å². The Balaban J connectivity index is 1.79. The van der Waals surface area contributed by atoms with Gasteiger partial charge in [0.15, 0.2) is 11.6 Å². The van der Waals surface area contributed by atoms with Crippen LogP contribution in [0, 0.1) is 5.82 Å². The molecule has 2 bridgehead atoms. The fourth-order valence-corrected chi connectivity index (χ4v) is 3.97. The largest absolute Gasteiger partial charge is 0.493 e. The van der Waals surface area contributed by atoms with Gasteiger partial charge in [-0.1, -0.05) is 11.6 Å². The molecule has 2 heterocycles. The highest BCUT2D eigenvalue weighted by atomic mass is 35.5. The Kier molecular flexibility index (Phi) is 4.38. The molecule has 23 heavy (non-hydrogen) atoms. The monoisotopic (exact) mass is 341 g/mol. The van der Waals surface area contributed by atoms with Crippen LogP contribution in [0.4, 0.5) is 10.1 Å². The third kappa shape index (κ3) is 2.85. The number of carbonyl (C=O) groups is 1. The van der Waals surface area contributed by atoms with Crippen molar-refractivity contribution in [3.8, 4) is 5.75 Å². The summed E-state index contributed by atoms with van der Waals surface area (Å²) in [6.07, 6.45) is 4.15. The molecule has 5 nitrogen and oxygen atoms in total. The number of anilines is 1. The van der Waals surface area contributed by atoms with Gasteiger partial charge in [0.25, 0.3) is 5.91 Å². The summed E-state index contributed by atoms with van der Waals surface area (Å²) in [6, 6.07) is 2.46. The predicted molar refractivity (Wildman–Crippen MR) is 87.4 cm³/mol. The molecular weight excluding hydrogens is 321 g/mol. The van der Waals surface area contributed by atoms with Gasteiger partial charge in [-0.15, -0.1) is 0 Å². The number of nitrogens with two attached hydrogens (primary N) is 1. The first-order valence-corrected chi connectivity index (χ1v) is 8.14. The van der Waals surface area contributed by atoms with E-state index in [4.69, 9.17) is 22.1 Å². The van der Waals surface area contributed by atoms with Gasteiger partial charge < -0.3 is 20.7 Å². The second kappa shape index (κ2) is 6.17. The molecule has 126 valence electrons. The van der Waals surface area contributed by atoms with Crippen molar-refractivity contribution >= 4 is 23.2 Å². The summed E-state index contributed by atoms with van der Waals surface area (Å²) in [4.78, 5) is 14.9. The maximum absolute atomic E-state index is 14.1. The molecule has 2 fully saturated rings. The van der Waals surface area contributed by atoms with Crippen molar-refractivity contribution in [2.24, 2.45) is 0 Å². The molecule has 3 rings (SSSR count). The van der Waals surface area contributed by atoms with Gasteiger partial charge in [-0.2, -0.15) is 0 Å². The first-order valence-electron chi connectivity index (χ1n) is 7.76. The van der Waals surface area contributed by atoms with Crippen molar-refractivity contribution in [3.05, 3.63) is 22.5 Å². The number of nitrogens with one attached hydrogen (secondary N) is 1. The number of methoxy groups -OCH3 is 1. The Hall–Kier alpha value is -1.53. The van der Waals surface area contributed by atoms with E-state index >= 15 is 0 Å². The lowest BCUT2D eigenvalue weighted by atomic mass is 9.97. The SMILES string of the molecule is COc1c(C(=O)NC2CC3CCC(C2)N3C)cc(Cl)c(N)c1F. The zero-order chi connectivity index (χ0) is 16.7. The van der Waals surface area contributed by atoms with E-state index < -0.39 is 5.82 Å². The number of nitrogens with zero attached hydrogens (tertiary/aromatic N) is 1. The van der Waals surface area contributed by atoms with Crippen molar-refractivity contribution in [1.82, 2.24) is 10.2 Å². The number of carbonyl (C=O) groups excluding carboxylic acids is 1. The van der Waals surface area contributed by atoms with E-state index in [0.717, 1.165) is 12.8 Å². The fourth-order valence-electron chi connectivity index (χ4n) is 3.78. The number of nitrogen functional groups attached to an aromatic ring is 1. The van der Waals surface area contributed by atoms with Gasteiger partial charge in [-0.05, 0) is 38.8 Å². The van der Waals surface area contributed by atoms with Crippen LogP contribution in [-0.4, -0.2) is 43.1 Å². The lowest BCUT2D eigenvalue weighted by molar-refractivity contribution is 0.0879. The van der Waals surface area contributed by atoms with Gasteiger partial charge >= 0.3 is 0 Å². The van der Waals surface area contributed by atoms with E-state index in [0.29, 0.717) is 12.1 Å². The second-order valence-corrected chi connectivity index (χ2v) is 6.77. The first kappa shape index (κ1) is 16.3. The molecule has 0 radical (unpaired) electrons. The van der Waals surface area contributed by atoms with Crippen LogP contribution in [0.5, 0.6) is 5.75 Å². The van der Waals surface area contributed by atoms with Crippen LogP contribution < -0.4 is 15.8 Å². The number of benzene rings is 1. The van der Waals surface area contributed by atoms with Gasteiger partial charge in [0, 0.05) is 18.1 Å². The fraction of sp³-hybridized carbons (Fsp3) is 0.562. The van der Waals surface area contributed by atoms with Crippen LogP contribution >= 0.6 is 11.6 Å². The number of piperidine rings is 1. The summed E-state index contributed by atoms with van der Waals surface area (Å²) < 4.78 is 19.1. The second-order valence-electron chi connectivity index (χ2n) is 6.36. The van der Waals surface area contributed by atoms with Crippen molar-refractivity contribution in [3.63, 3.8) is 0 Å². The molecule has 2 saturated heterocycles. The van der Waals surface area contributed by atoms with E-state index in [1.165, 1.54) is 26.0 Å². The van der Waals surface area contributed by atoms with Crippen LogP contribution in [0.15, 0.2) is 6.07 Å². The third-order valence-corrected chi connectivity index (χ3v) is 5.40. The van der Waals surface area contributed by atoms with Crippen molar-refractivity contribution < 1.29 is 13.9 Å². The van der Waals surface area contributed by atoms with Crippen LogP contribution in [-0.2, 0) is 0 Å². The number of fused-ring (bicyclic) bond motifs is 2. The van der Waals surface area contributed by atoms with E-state index in [1.807, 2.05) is 0 Å². The Morgan fingerprint density at radius 3 is 2.61 bits per heavy atom. The lowest BCUT2D eigenvalue weighted by Gasteiger charge is -2.36. The summed E-state index contributed by atoms with van der Waals surface area (Å²) in [5.41, 5.74) is 5.42. The standard InChI is InChI=1S/C16H21ClFN3O2/c1-21-9-3-4-10(21)6-8(5-9)20-16(22)11-7-12(17)14(19)13(18)15(11)23-2/h7-10H,3-6,19H2,1-2H3,(H,20,22). The number of hydrogen-bond donors (Lipinski definition) is 2. The molecule has 2 aliphatic rings. The summed E-state index contributed by atoms with van der Waals surface area (Å²) >= 11 is 5.90. The minimum atomic E-state index is -0.798. The molecule has 0 aromatic heterocycles. The van der Waals surface area contributed by atoms with Gasteiger partial charge in [-0.25, -0.2) is 4.39 Å². The summed E-state index contributed by atoms with van der Waals surface area (Å²) in [7, 11) is 3.44. The highest BCUT2D eigenvalue weighted by molar-refractivity contribution is 6.33. The molecule has 2 atom stereocenters. The molecule has 0 aliphatic carbocycles. The zero-order valence-corrected chi connectivity index (χ0v) is 14.0. The molecule has 1 amide bonds. The van der Waals surface area contributed by atoms with Crippen LogP contribution in [0.25, 0.3) is 0 Å². The number of hydrogen-bond acceptors (Lipinski definition) is 4. The smallest absolute Gasteiger partial charge is 0.255 e. The Morgan fingerprint density at radius 1 is 1.43 bits per heavy atom. The molecule has 1 aromatic carbocycles. The molecule has 0 spiro atoms. The number of ether oxygens (including phenoxy) is 1. The van der Waals surface area contributed by atoms with Crippen LogP contribution in [0.3, 0.4) is 0 Å². The summed E-state index contributed by atoms with van der Waals surface area (Å²) in [6.45, 7) is 0. The minimum absolute atomic E-state index is 0.0110. The maximum Gasteiger partial charge on any atom is 0.255 e. The summed E-state index contributed by atoms with van der Waals surface area (Å²) in [5.74, 6) is -1.34. The Morgan fingerprint density at radius 2 is 2.04 bits per heavy atom. The Bertz CT molecular complexity index is 626. The van der Waals surface area contributed by atoms with E-state index in [1.54, 1.807) is 0 Å². The normalized spacial score (nSPS) is 27.0. The molecular formula is C16H21ClFN3O2. The topological polar surface area (TPSA) is 67.6 Å². The number of amides is 1. The van der Waals surface area contributed by atoms with Gasteiger partial charge in [-0.3, -0.25) is 4.79 Å². The minimum Gasteiger partial charge on any atom is -0.493 e. The quantitative estimate of drug-likeness (QED) is 0.829. The van der Waals surface area contributed by atoms with E-state index in [2.05, 4.69) is 17.3 Å². The number of rotatable bonds is 3. The van der Waals surface area contributed by atoms with E-state index in [9.17, 15) is 9.18 Å². The third-order valence-electron chi connectivity index (χ3n) is 5.09. The van der Waals surface area contributed by atoms with Crippen molar-refractivity contribution in [2.45, 2.75) is 43.8 Å². The molecule has 3 N–H and O–H groups in total. The van der Waals surface area contributed by atoms with Gasteiger partial charge in [0.2, 0.25) is 0 Å². The highest BCUT2D eigenvalue weighted by Gasteiger charge is 2.39. The highest BCUT2D eigenvalue weighted by Crippen LogP contribution is 2.36. The predicted octanol–water partition coefficient (Wildman–Crippen LogP) is 2.42. The first-order chi connectivity index (χ1) is 10.9. The van der Waals surface area contributed by atoms with Crippen molar-refractivity contribution in [2.75, 3.05) is 19.9 Å². The van der Waals surface area contributed by atoms with Crippen LogP contribution in [0.1, 0.15) is 36.0 Å². The molecule has 2 unspecified atom stereocenters. The molecule has 2 aliphatic heterocycles. The Labute approximate surface area is 139 Å². The maximum atomic E-state index is 14.1. The average Bonchev–Trinajstić information content (AvgIpc) is 2.74. The van der Waals surface area contributed by atoms with Gasteiger partial charge in [0.1, 0.15) is 0 Å². The summed E-state index contributed by atoms with van der Waals surface area (Å²) in [5, 5.41) is 3.00. The van der Waals surface area contributed by atoms with Crippen LogP contribution in [0.2, 0.25) is 5.02 Å². The molecule has 0 saturated carbocycles. The molecule has 1 aromatic rings. The number of halogens is 2. The van der Waals surface area contributed by atoms with E-state index in [-0.39, 0.29) is 34.0 Å².